The molecular weight excluding hydrogens is 2010 g/mol. The van der Waals surface area contributed by atoms with Gasteiger partial charge >= 0.3 is 57.3 Å². The zero-order valence-electron chi connectivity index (χ0n) is 89.1. The predicted molar refractivity (Wildman–Crippen MR) is 575 cm³/mol. The van der Waals surface area contributed by atoms with Crippen molar-refractivity contribution in [2.24, 2.45) is 0 Å². The summed E-state index contributed by atoms with van der Waals surface area (Å²) in [5.41, 5.74) is 5.36. The number of ether oxygens (including phenoxy) is 20. The molecule has 0 aliphatic rings. The van der Waals surface area contributed by atoms with E-state index in [1.165, 1.54) is 85.3 Å². The van der Waals surface area contributed by atoms with Crippen LogP contribution >= 0.6 is 0 Å². The zero-order chi connectivity index (χ0) is 106. The molecule has 6 aromatic carbocycles. The van der Waals surface area contributed by atoms with E-state index >= 15 is 0 Å². The first kappa shape index (κ1) is 131. The van der Waals surface area contributed by atoms with Crippen molar-refractivity contribution in [3.05, 3.63) is 208 Å². The number of urea groups is 2. The first-order valence-corrected chi connectivity index (χ1v) is 55.9. The number of rotatable bonds is 94. The highest BCUT2D eigenvalue weighted by Gasteiger charge is 2.32. The molecule has 0 aromatic heterocycles. The number of benzene rings is 6. The Morgan fingerprint density at radius 2 is 0.615 bits per heavy atom. The van der Waals surface area contributed by atoms with Crippen LogP contribution in [0.1, 0.15) is 187 Å². The van der Waals surface area contributed by atoms with E-state index in [1.807, 2.05) is 18.2 Å². The second-order valence-corrected chi connectivity index (χ2v) is 37.9. The molecule has 33 heteroatoms. The van der Waals surface area contributed by atoms with Gasteiger partial charge < -0.3 is 115 Å². The normalized spacial score (nSPS) is 11.3. The Bertz CT molecular complexity index is 4010. The van der Waals surface area contributed by atoms with Gasteiger partial charge in [0.05, 0.1) is 192 Å². The van der Waals surface area contributed by atoms with Gasteiger partial charge in [-0.1, -0.05) is 269 Å². The van der Waals surface area contributed by atoms with Crippen LogP contribution in [0, 0.1) is 7.14 Å². The number of esters is 3. The molecule has 6 rings (SSSR count). The van der Waals surface area contributed by atoms with Crippen molar-refractivity contribution in [1.29, 1.82) is 0 Å². The third-order valence-corrected chi connectivity index (χ3v) is 25.8. The lowest BCUT2D eigenvalue weighted by Gasteiger charge is -2.44. The highest BCUT2D eigenvalue weighted by Crippen LogP contribution is 2.18. The van der Waals surface area contributed by atoms with Gasteiger partial charge in [-0.2, -0.15) is 21.9 Å². The Labute approximate surface area is 893 Å². The lowest BCUT2D eigenvalue weighted by Crippen LogP contribution is -3.61. The van der Waals surface area contributed by atoms with Crippen molar-refractivity contribution < 1.29 is 150 Å². The summed E-state index contributed by atoms with van der Waals surface area (Å²) in [4.78, 5) is 86.4. The van der Waals surface area contributed by atoms with Crippen LogP contribution in [0.5, 0.6) is 5.75 Å². The van der Waals surface area contributed by atoms with Gasteiger partial charge in [-0.05, 0) is 94.7 Å². The number of hydrogen-bond acceptors (Lipinski definition) is 27. The Morgan fingerprint density at radius 3 is 0.959 bits per heavy atom. The summed E-state index contributed by atoms with van der Waals surface area (Å²) in [5, 5.41) is 8.82. The topological polar surface area (TPSA) is 343 Å². The smallest absolute Gasteiger partial charge is 0.407 e. The largest absolute Gasteiger partial charge is 0.490 e. The van der Waals surface area contributed by atoms with Crippen LogP contribution in [-0.4, -0.2) is 310 Å². The molecule has 0 heterocycles. The SMILES string of the molecule is C=CC(=O)OCCOCCOCCOCCOCCOCCOCCOCCOC.C=CC(=O)OCCOCCOCCOCCOCCOCCOCCOCCOC(=O)CCCCCCCNC(=O)N(CCCCCCNC(=O)OC(CCCCCCCCCCCC)COc1ccc([I+]c2ccccc2)cc1)C(=O)NCCCCCCCC(C)=O.c1ccc([B-](c2ccccc2)(c2ccccc2)c2ccccc2)cc1. The fraction of sp³-hybridized carbons (Fsp3) is 0.591. The van der Waals surface area contributed by atoms with Crippen molar-refractivity contribution in [2.45, 2.75) is 193 Å². The predicted octanol–water partition coefficient (Wildman–Crippen LogP) is 13.1. The number of methoxy groups -OCH3 is 1. The van der Waals surface area contributed by atoms with Crippen molar-refractivity contribution in [3.63, 3.8) is 0 Å². The lowest BCUT2D eigenvalue weighted by atomic mass is 9.13. The molecule has 6 aromatic rings. The lowest BCUT2D eigenvalue weighted by molar-refractivity contribution is -0.597. The Hall–Kier alpha value is -9.12. The van der Waals surface area contributed by atoms with Gasteiger partial charge in [-0.25, -0.2) is 28.9 Å². The van der Waals surface area contributed by atoms with Crippen LogP contribution in [0.4, 0.5) is 14.4 Å². The minimum Gasteiger partial charge on any atom is -0.490 e. The molecule has 148 heavy (non-hydrogen) atoms. The highest BCUT2D eigenvalue weighted by molar-refractivity contribution is 7.19. The number of nitrogens with one attached hydrogen (secondary N) is 3. The number of alkyl carbamates (subject to hydrolysis) is 1. The average molecular weight is 2180 g/mol. The number of halogens is 1. The first-order chi connectivity index (χ1) is 72.8. The summed E-state index contributed by atoms with van der Waals surface area (Å²) < 4.78 is 110. The number of nitrogens with zero attached hydrogens (tertiary/aromatic N) is 1. The van der Waals surface area contributed by atoms with Crippen LogP contribution in [0.25, 0.3) is 0 Å². The fourth-order valence-electron chi connectivity index (χ4n) is 15.3. The molecule has 0 aliphatic carbocycles. The van der Waals surface area contributed by atoms with E-state index in [-0.39, 0.29) is 78.6 Å². The number of hydrogen-bond donors (Lipinski definition) is 3. The van der Waals surface area contributed by atoms with E-state index in [1.54, 1.807) is 14.0 Å². The van der Waals surface area contributed by atoms with Crippen LogP contribution in [0.15, 0.2) is 201 Å². The second kappa shape index (κ2) is 96.2. The summed E-state index contributed by atoms with van der Waals surface area (Å²) in [5.74, 6) is -0.226. The van der Waals surface area contributed by atoms with E-state index in [4.69, 9.17) is 94.7 Å². The number of ketones is 1. The Morgan fingerprint density at radius 1 is 0.324 bits per heavy atom. The van der Waals surface area contributed by atoms with Gasteiger partial charge in [0.1, 0.15) is 50.2 Å². The van der Waals surface area contributed by atoms with Crippen LogP contribution in [0.2, 0.25) is 0 Å². The molecule has 0 bridgehead atoms. The molecule has 0 saturated heterocycles. The maximum Gasteiger partial charge on any atom is 0.407 e. The number of unbranched alkanes of at least 4 members (excludes halogenated alkanes) is 20. The maximum absolute atomic E-state index is 13.4. The number of carbonyl (C=O) groups excluding carboxylic acids is 7. The Kier molecular flexibility index (Phi) is 85.3. The summed E-state index contributed by atoms with van der Waals surface area (Å²) in [7, 11) is 1.64. The van der Waals surface area contributed by atoms with Gasteiger partial charge in [0.15, 0.2) is 7.14 Å². The molecule has 828 valence electrons. The minimum absolute atomic E-state index is 0.175. The van der Waals surface area contributed by atoms with E-state index in [2.05, 4.69) is 194 Å². The standard InChI is InChI=1S/C71H117IN4O17.C24H20B.C20H38O10/c1-4-6-7-8-9-10-11-12-16-26-35-66(61-92-65-39-37-64(38-40-65)72-63-33-24-22-25-34-63)93-71(82)75-43-30-20-21-31-44-76(69(80)73-41-28-18-13-15-23-32-62(3)77)70(81)74-42-29-19-14-17-27-36-68(79)91-60-58-89-56-54-87-52-50-85-48-46-83-45-47-84-49-51-86-53-55-88-57-59-90-67(78)5-2;1-5-13-21(14-6-1)25(22-15-7-2-8-16-22,23-17-9-3-10-18-23)24-19-11-4-12-20-24;1-3-20(21)30-19-18-29-17-16-28-15-14-27-13-12-26-11-10-25-9-8-24-7-6-23-5-4-22-2/h5,22,24-25,33-34,37-40,66H,2,4,6-21,23,26-32,35-36,41-61H2,1,3H3,(H2-,73,74,75,80,81,82);1-20H;3H,1,4-19H2,2H3/q;-1;/p+1. The highest BCUT2D eigenvalue weighted by atomic mass is 127. The monoisotopic (exact) mass is 2180 g/mol. The van der Waals surface area contributed by atoms with Gasteiger partial charge in [0.25, 0.3) is 0 Å². The maximum atomic E-state index is 13.4. The van der Waals surface area contributed by atoms with Gasteiger partial charge in [-0.3, -0.25) is 4.79 Å². The quantitative estimate of drug-likeness (QED) is 0.00797. The number of imide groups is 1. The molecule has 0 aliphatic heterocycles. The molecule has 3 N–H and O–H groups in total. The van der Waals surface area contributed by atoms with Crippen LogP contribution < -0.4 is 63.7 Å². The average Bonchev–Trinajstić information content (AvgIpc) is 0.736. The van der Waals surface area contributed by atoms with E-state index in [0.717, 1.165) is 114 Å². The van der Waals surface area contributed by atoms with E-state index < -0.39 is 36.2 Å². The van der Waals surface area contributed by atoms with Crippen molar-refractivity contribution in [3.8, 4) is 5.75 Å². The third-order valence-electron chi connectivity index (χ3n) is 23.1. The second-order valence-electron chi connectivity index (χ2n) is 34.9. The molecule has 1 unspecified atom stereocenters. The van der Waals surface area contributed by atoms with Gasteiger partial charge in [-0.15, -0.1) is 0 Å². The molecule has 5 amide bonds. The molecule has 1 atom stereocenters. The number of amides is 5. The fourth-order valence-corrected chi connectivity index (χ4v) is 17.5. The van der Waals surface area contributed by atoms with Crippen molar-refractivity contribution >= 4 is 69.8 Å². The van der Waals surface area contributed by atoms with E-state index in [0.29, 0.717) is 230 Å². The summed E-state index contributed by atoms with van der Waals surface area (Å²) in [6.45, 7) is 26.2. The van der Waals surface area contributed by atoms with Crippen molar-refractivity contribution in [1.82, 2.24) is 20.9 Å². The summed E-state index contributed by atoms with van der Waals surface area (Å²) in [6, 6.07) is 61.5. The third kappa shape index (κ3) is 71.6. The van der Waals surface area contributed by atoms with Crippen LogP contribution in [0.3, 0.4) is 0 Å². The molecule has 0 radical (unpaired) electrons. The minimum atomic E-state index is -1.22. The molecule has 0 spiro atoms. The van der Waals surface area contributed by atoms with E-state index in [9.17, 15) is 33.6 Å². The van der Waals surface area contributed by atoms with Crippen LogP contribution in [-0.2, 0) is 109 Å². The molecule has 0 fully saturated rings. The molecule has 0 saturated carbocycles. The van der Waals surface area contributed by atoms with Crippen molar-refractivity contribution in [2.75, 3.05) is 251 Å². The Balaban J connectivity index is 0.000000659. The zero-order valence-corrected chi connectivity index (χ0v) is 91.2. The first-order valence-electron chi connectivity index (χ1n) is 53.7. The number of carbonyl (C=O) groups is 7. The molecule has 31 nitrogen and oxygen atoms in total. The van der Waals surface area contributed by atoms with Gasteiger partial charge in [0.2, 0.25) is 0 Å². The number of Topliss-reactive ketones (excluding diaryl/α,β-unsaturated/α-hetero) is 1. The summed E-state index contributed by atoms with van der Waals surface area (Å²) >= 11 is -0.274. The molecular formula is C115H176BIN4O27. The summed E-state index contributed by atoms with van der Waals surface area (Å²) in [6.07, 6.45) is 25.6. The van der Waals surface area contributed by atoms with Gasteiger partial charge in [0, 0.05) is 58.3 Å².